The number of carbonyl (C=O) groups excluding carboxylic acids is 5. The molecule has 254 valence electrons. The topological polar surface area (TPSA) is 236 Å². The van der Waals surface area contributed by atoms with Gasteiger partial charge in [0.05, 0.1) is 19.1 Å². The van der Waals surface area contributed by atoms with E-state index in [2.05, 4.69) is 31.4 Å². The van der Waals surface area contributed by atoms with Crippen LogP contribution in [0.5, 0.6) is 0 Å². The van der Waals surface area contributed by atoms with E-state index in [0.717, 1.165) is 11.3 Å². The van der Waals surface area contributed by atoms with Crippen molar-refractivity contribution in [1.82, 2.24) is 25.8 Å². The van der Waals surface area contributed by atoms with Crippen molar-refractivity contribution in [3.63, 3.8) is 0 Å². The van der Waals surface area contributed by atoms with Crippen molar-refractivity contribution in [3.8, 4) is 0 Å². The number of ether oxygens (including phenoxy) is 3. The predicted octanol–water partition coefficient (Wildman–Crippen LogP) is 1.40. The van der Waals surface area contributed by atoms with Crippen molar-refractivity contribution in [2.45, 2.75) is 90.4 Å². The lowest BCUT2D eigenvalue weighted by atomic mass is 9.98. The number of nitrogens with zero attached hydrogens (tertiary/aromatic N) is 3. The van der Waals surface area contributed by atoms with Gasteiger partial charge < -0.3 is 45.0 Å². The zero-order valence-corrected chi connectivity index (χ0v) is 27.5. The molecule has 5 amide bonds. The van der Waals surface area contributed by atoms with Gasteiger partial charge in [0.1, 0.15) is 29.0 Å². The molecule has 1 aromatic heterocycles. The summed E-state index contributed by atoms with van der Waals surface area (Å²) in [6.45, 7) is 12.7. The summed E-state index contributed by atoms with van der Waals surface area (Å²) in [5.74, 6) is -2.86. The number of carboxylic acid groups (broad SMARTS) is 1. The van der Waals surface area contributed by atoms with Crippen LogP contribution in [0.15, 0.2) is 10.5 Å². The highest BCUT2D eigenvalue weighted by molar-refractivity contribution is 7.14. The van der Waals surface area contributed by atoms with E-state index >= 15 is 0 Å². The first-order valence-electron chi connectivity index (χ1n) is 14.1. The second kappa shape index (κ2) is 13.8. The highest BCUT2D eigenvalue weighted by Crippen LogP contribution is 2.21. The van der Waals surface area contributed by atoms with E-state index in [9.17, 15) is 33.9 Å². The number of cyclic esters (lactones) is 1. The lowest BCUT2D eigenvalue weighted by molar-refractivity contribution is -0.161. The molecule has 2 saturated heterocycles. The van der Waals surface area contributed by atoms with Gasteiger partial charge in [0.15, 0.2) is 10.8 Å². The van der Waals surface area contributed by atoms with Crippen LogP contribution < -0.4 is 21.3 Å². The molecule has 3 atom stereocenters. The number of aromatic nitrogens is 1. The van der Waals surface area contributed by atoms with Gasteiger partial charge in [-0.3, -0.25) is 14.9 Å². The number of nitrogens with one attached hydrogen (secondary N) is 4. The average molecular weight is 670 g/mol. The van der Waals surface area contributed by atoms with E-state index in [1.807, 2.05) is 0 Å². The van der Waals surface area contributed by atoms with Gasteiger partial charge >= 0.3 is 24.2 Å². The highest BCUT2D eigenvalue weighted by Gasteiger charge is 2.45. The zero-order chi connectivity index (χ0) is 34.6. The van der Waals surface area contributed by atoms with E-state index in [4.69, 9.17) is 19.0 Å². The van der Waals surface area contributed by atoms with Crippen LogP contribution in [0, 0.1) is 0 Å². The van der Waals surface area contributed by atoms with Gasteiger partial charge in [-0.05, 0) is 55.4 Å². The Balaban J connectivity index is 1.68. The molecule has 2 aliphatic rings. The van der Waals surface area contributed by atoms with Crippen molar-refractivity contribution in [3.05, 3.63) is 11.1 Å². The number of carbonyl (C=O) groups is 6. The lowest BCUT2D eigenvalue weighted by Crippen LogP contribution is -2.72. The normalized spacial score (nSPS) is 20.1. The SMILES string of the molecule is CC(C)(C)OC(=O)NCC1CN(C[C@@H]2NC(=O)C2NC(=O)/C(=N\OC(C)(C)C(=O)O)c2csc(NC(=O)OC(C)(C)C)n2)C(=O)O1. The Morgan fingerprint density at radius 3 is 2.30 bits per heavy atom. The first kappa shape index (κ1) is 35.8. The maximum atomic E-state index is 13.4. The van der Waals surface area contributed by atoms with Gasteiger partial charge in [0.2, 0.25) is 11.5 Å². The van der Waals surface area contributed by atoms with Crippen LogP contribution in [-0.2, 0) is 33.4 Å². The van der Waals surface area contributed by atoms with E-state index in [0.29, 0.717) is 0 Å². The second-order valence-corrected chi connectivity index (χ2v) is 13.7. The Labute approximate surface area is 268 Å². The van der Waals surface area contributed by atoms with Gasteiger partial charge in [0, 0.05) is 11.9 Å². The fourth-order valence-electron chi connectivity index (χ4n) is 3.78. The van der Waals surface area contributed by atoms with Crippen LogP contribution in [0.3, 0.4) is 0 Å². The summed E-state index contributed by atoms with van der Waals surface area (Å²) in [5.41, 5.74) is -3.88. The molecule has 18 nitrogen and oxygen atoms in total. The van der Waals surface area contributed by atoms with Gasteiger partial charge in [-0.15, -0.1) is 11.3 Å². The number of anilines is 1. The van der Waals surface area contributed by atoms with Crippen LogP contribution in [0.1, 0.15) is 61.1 Å². The molecule has 46 heavy (non-hydrogen) atoms. The summed E-state index contributed by atoms with van der Waals surface area (Å²) in [4.78, 5) is 84.6. The van der Waals surface area contributed by atoms with Gasteiger partial charge in [-0.2, -0.15) is 0 Å². The molecule has 0 spiro atoms. The molecule has 1 aromatic rings. The molecule has 0 saturated carbocycles. The molecule has 0 aliphatic carbocycles. The number of amides is 5. The number of hydrogen-bond donors (Lipinski definition) is 5. The number of aliphatic carboxylic acids is 1. The summed E-state index contributed by atoms with van der Waals surface area (Å²) in [7, 11) is 0. The minimum atomic E-state index is -1.83. The highest BCUT2D eigenvalue weighted by atomic mass is 32.1. The molecule has 0 radical (unpaired) electrons. The minimum Gasteiger partial charge on any atom is -0.478 e. The first-order valence-corrected chi connectivity index (χ1v) is 15.0. The Morgan fingerprint density at radius 2 is 1.72 bits per heavy atom. The third-order valence-corrected chi connectivity index (χ3v) is 6.75. The van der Waals surface area contributed by atoms with Crippen molar-refractivity contribution in [2.75, 3.05) is 25.0 Å². The monoisotopic (exact) mass is 669 g/mol. The Morgan fingerprint density at radius 1 is 1.09 bits per heavy atom. The number of hydrogen-bond acceptors (Lipinski definition) is 13. The van der Waals surface area contributed by atoms with Crippen LogP contribution in [0.25, 0.3) is 0 Å². The Hall–Kier alpha value is -4.68. The minimum absolute atomic E-state index is 0.000721. The summed E-state index contributed by atoms with van der Waals surface area (Å²) < 4.78 is 15.7. The van der Waals surface area contributed by atoms with Crippen molar-refractivity contribution < 1.29 is 52.9 Å². The van der Waals surface area contributed by atoms with Crippen LogP contribution in [0.2, 0.25) is 0 Å². The summed E-state index contributed by atoms with van der Waals surface area (Å²) in [6.07, 6.45) is -2.82. The molecular weight excluding hydrogens is 630 g/mol. The molecule has 19 heteroatoms. The fraction of sp³-hybridized carbons (Fsp3) is 0.630. The average Bonchev–Trinajstić information content (AvgIpc) is 3.49. The summed E-state index contributed by atoms with van der Waals surface area (Å²) in [6, 6.07) is -1.84. The lowest BCUT2D eigenvalue weighted by Gasteiger charge is -2.38. The second-order valence-electron chi connectivity index (χ2n) is 12.9. The maximum Gasteiger partial charge on any atom is 0.413 e. The third-order valence-electron chi connectivity index (χ3n) is 5.99. The largest absolute Gasteiger partial charge is 0.478 e. The number of carboxylic acids is 1. The third kappa shape index (κ3) is 10.2. The van der Waals surface area contributed by atoms with Crippen molar-refractivity contribution in [2.24, 2.45) is 5.16 Å². The number of β-lactam (4-membered cyclic amide) rings is 1. The van der Waals surface area contributed by atoms with Crippen molar-refractivity contribution >= 4 is 58.2 Å². The molecular formula is C27H39N7O11S. The molecule has 3 rings (SSSR count). The van der Waals surface area contributed by atoms with E-state index < -0.39 is 76.8 Å². The summed E-state index contributed by atoms with van der Waals surface area (Å²) in [5, 5.41) is 24.7. The molecule has 5 N–H and O–H groups in total. The van der Waals surface area contributed by atoms with Crippen LogP contribution >= 0.6 is 11.3 Å². The first-order chi connectivity index (χ1) is 21.1. The quantitative estimate of drug-likeness (QED) is 0.0973. The summed E-state index contributed by atoms with van der Waals surface area (Å²) >= 11 is 0.932. The number of thiazole rings is 1. The van der Waals surface area contributed by atoms with Crippen LogP contribution in [-0.4, -0.2) is 111 Å². The molecule has 2 aliphatic heterocycles. The molecule has 0 aromatic carbocycles. The standard InChI is InChI=1S/C27H39N7O11S/c1-25(2,3)43-22(39)28-9-13-10-34(24(41)42-13)11-14-16(18(35)29-14)31-19(36)17(33-45-27(7,8)20(37)38)15-12-46-21(30-15)32-23(40)44-26(4,5)6/h12-14,16H,9-11H2,1-8H3,(H,28,39)(H,29,35)(H,31,36)(H,37,38)(H,30,32,40)/b33-17-/t13?,14-,16?/m0/s1. The Kier molecular flexibility index (Phi) is 10.7. The molecule has 2 unspecified atom stereocenters. The number of alkyl carbamates (subject to hydrolysis) is 1. The van der Waals surface area contributed by atoms with Gasteiger partial charge in [0.25, 0.3) is 5.91 Å². The zero-order valence-electron chi connectivity index (χ0n) is 26.7. The maximum absolute atomic E-state index is 13.4. The van der Waals surface area contributed by atoms with E-state index in [1.165, 1.54) is 24.1 Å². The molecule has 0 bridgehead atoms. The van der Waals surface area contributed by atoms with Crippen molar-refractivity contribution in [1.29, 1.82) is 0 Å². The smallest absolute Gasteiger partial charge is 0.413 e. The van der Waals surface area contributed by atoms with Crippen LogP contribution in [0.4, 0.5) is 19.5 Å². The fourth-order valence-corrected chi connectivity index (χ4v) is 4.46. The van der Waals surface area contributed by atoms with Gasteiger partial charge in [-0.1, -0.05) is 5.16 Å². The van der Waals surface area contributed by atoms with E-state index in [-0.39, 0.29) is 30.5 Å². The molecule has 3 heterocycles. The molecule has 2 fully saturated rings. The predicted molar refractivity (Wildman–Crippen MR) is 161 cm³/mol. The van der Waals surface area contributed by atoms with E-state index in [1.54, 1.807) is 41.5 Å². The Bertz CT molecular complexity index is 1400. The number of rotatable bonds is 11. The number of oxime groups is 1. The van der Waals surface area contributed by atoms with Gasteiger partial charge in [-0.25, -0.2) is 24.2 Å².